The van der Waals surface area contributed by atoms with Gasteiger partial charge in [0.05, 0.1) is 34.7 Å². The van der Waals surface area contributed by atoms with E-state index >= 15 is 0 Å². The van der Waals surface area contributed by atoms with Crippen molar-refractivity contribution in [3.8, 4) is 17.1 Å². The second kappa shape index (κ2) is 8.03. The van der Waals surface area contributed by atoms with Crippen molar-refractivity contribution >= 4 is 11.6 Å². The predicted octanol–water partition coefficient (Wildman–Crippen LogP) is 5.01. The SMILES string of the molecule is O=C(Nc1cccc(-c2nnnn2C2CC2)c1)c1cnn(-c2cccc(C(F)(F)F)c2)c1C1CC1. The van der Waals surface area contributed by atoms with Crippen molar-refractivity contribution in [2.45, 2.75) is 43.8 Å². The van der Waals surface area contributed by atoms with Crippen molar-refractivity contribution < 1.29 is 18.0 Å². The fourth-order valence-corrected chi connectivity index (χ4v) is 4.19. The first-order valence-corrected chi connectivity index (χ1v) is 11.3. The van der Waals surface area contributed by atoms with Crippen LogP contribution in [0.4, 0.5) is 18.9 Å². The maximum atomic E-state index is 13.2. The summed E-state index contributed by atoms with van der Waals surface area (Å²) >= 11 is 0. The Bertz CT molecular complexity index is 1420. The zero-order valence-corrected chi connectivity index (χ0v) is 18.4. The first kappa shape index (κ1) is 21.5. The molecule has 35 heavy (non-hydrogen) atoms. The molecule has 0 saturated heterocycles. The van der Waals surface area contributed by atoms with E-state index in [1.54, 1.807) is 22.9 Å². The van der Waals surface area contributed by atoms with Crippen LogP contribution in [-0.2, 0) is 6.18 Å². The van der Waals surface area contributed by atoms with Crippen LogP contribution in [0, 0.1) is 0 Å². The lowest BCUT2D eigenvalue weighted by Gasteiger charge is -2.12. The van der Waals surface area contributed by atoms with Gasteiger partial charge < -0.3 is 5.32 Å². The minimum Gasteiger partial charge on any atom is -0.322 e. The minimum absolute atomic E-state index is 0.0716. The van der Waals surface area contributed by atoms with Crippen molar-refractivity contribution in [2.24, 2.45) is 0 Å². The van der Waals surface area contributed by atoms with E-state index in [1.165, 1.54) is 16.9 Å². The molecule has 178 valence electrons. The summed E-state index contributed by atoms with van der Waals surface area (Å²) in [5.74, 6) is 0.339. The Balaban J connectivity index is 1.30. The van der Waals surface area contributed by atoms with E-state index in [4.69, 9.17) is 0 Å². The Morgan fingerprint density at radius 1 is 1.03 bits per heavy atom. The summed E-state index contributed by atoms with van der Waals surface area (Å²) in [6.07, 6.45) is 0.727. The molecule has 2 aliphatic rings. The van der Waals surface area contributed by atoms with Crippen LogP contribution in [0.15, 0.2) is 54.7 Å². The molecule has 8 nitrogen and oxygen atoms in total. The maximum Gasteiger partial charge on any atom is 0.416 e. The predicted molar refractivity (Wildman–Crippen MR) is 120 cm³/mol. The molecule has 2 fully saturated rings. The van der Waals surface area contributed by atoms with E-state index in [9.17, 15) is 18.0 Å². The van der Waals surface area contributed by atoms with Crippen molar-refractivity contribution in [1.82, 2.24) is 30.0 Å². The summed E-state index contributed by atoms with van der Waals surface area (Å²) < 4.78 is 42.9. The van der Waals surface area contributed by atoms with Gasteiger partial charge >= 0.3 is 6.18 Å². The van der Waals surface area contributed by atoms with Crippen LogP contribution in [0.5, 0.6) is 0 Å². The number of hydrogen-bond donors (Lipinski definition) is 1. The average Bonchev–Trinajstić information content (AvgIpc) is 3.78. The molecule has 0 unspecified atom stereocenters. The first-order valence-electron chi connectivity index (χ1n) is 11.3. The lowest BCUT2D eigenvalue weighted by atomic mass is 10.1. The van der Waals surface area contributed by atoms with Crippen LogP contribution in [0.25, 0.3) is 17.1 Å². The molecule has 2 heterocycles. The third kappa shape index (κ3) is 4.17. The zero-order valence-electron chi connectivity index (χ0n) is 18.4. The van der Waals surface area contributed by atoms with Crippen LogP contribution >= 0.6 is 0 Å². The van der Waals surface area contributed by atoms with Crippen LogP contribution in [0.3, 0.4) is 0 Å². The number of hydrogen-bond acceptors (Lipinski definition) is 5. The normalized spacial score (nSPS) is 15.9. The van der Waals surface area contributed by atoms with Crippen molar-refractivity contribution in [1.29, 1.82) is 0 Å². The van der Waals surface area contributed by atoms with Crippen LogP contribution in [0.1, 0.15) is 59.3 Å². The number of anilines is 1. The number of alkyl halides is 3. The lowest BCUT2D eigenvalue weighted by molar-refractivity contribution is -0.137. The number of rotatable bonds is 6. The van der Waals surface area contributed by atoms with E-state index in [2.05, 4.69) is 25.9 Å². The van der Waals surface area contributed by atoms with Gasteiger partial charge in [-0.25, -0.2) is 9.36 Å². The summed E-state index contributed by atoms with van der Waals surface area (Å²) in [4.78, 5) is 13.2. The number of nitrogens with one attached hydrogen (secondary N) is 1. The molecule has 1 amide bonds. The van der Waals surface area contributed by atoms with Gasteiger partial charge in [0.25, 0.3) is 5.91 Å². The van der Waals surface area contributed by atoms with Gasteiger partial charge in [0, 0.05) is 17.2 Å². The molecule has 1 N–H and O–H groups in total. The van der Waals surface area contributed by atoms with E-state index in [-0.39, 0.29) is 17.5 Å². The first-order chi connectivity index (χ1) is 16.9. The Morgan fingerprint density at radius 3 is 2.57 bits per heavy atom. The van der Waals surface area contributed by atoms with E-state index < -0.39 is 11.7 Å². The van der Waals surface area contributed by atoms with Gasteiger partial charge in [0.1, 0.15) is 0 Å². The second-order valence-electron chi connectivity index (χ2n) is 8.89. The maximum absolute atomic E-state index is 13.2. The third-order valence-corrected chi connectivity index (χ3v) is 6.20. The molecular formula is C24H20F3N7O. The molecule has 0 aliphatic heterocycles. The second-order valence-corrected chi connectivity index (χ2v) is 8.89. The van der Waals surface area contributed by atoms with Crippen LogP contribution < -0.4 is 5.32 Å². The summed E-state index contributed by atoms with van der Waals surface area (Å²) in [7, 11) is 0. The van der Waals surface area contributed by atoms with E-state index in [1.807, 2.05) is 12.1 Å². The Hall–Kier alpha value is -4.02. The lowest BCUT2D eigenvalue weighted by Crippen LogP contribution is -2.14. The van der Waals surface area contributed by atoms with Crippen molar-refractivity contribution in [3.63, 3.8) is 0 Å². The molecule has 4 aromatic rings. The van der Waals surface area contributed by atoms with Crippen LogP contribution in [-0.4, -0.2) is 35.9 Å². The molecule has 0 bridgehead atoms. The Morgan fingerprint density at radius 2 is 1.83 bits per heavy atom. The zero-order chi connectivity index (χ0) is 24.2. The highest BCUT2D eigenvalue weighted by Gasteiger charge is 2.35. The van der Waals surface area contributed by atoms with Gasteiger partial charge in [-0.15, -0.1) is 5.10 Å². The Labute approximate surface area is 197 Å². The monoisotopic (exact) mass is 479 g/mol. The number of aromatic nitrogens is 6. The highest BCUT2D eigenvalue weighted by Crippen LogP contribution is 2.43. The molecular weight excluding hydrogens is 459 g/mol. The number of benzene rings is 2. The quantitative estimate of drug-likeness (QED) is 0.420. The number of carbonyl (C=O) groups excluding carboxylic acids is 1. The standard InChI is InChI=1S/C24H20F3N7O/c25-24(26,27)16-4-2-6-19(12-16)33-21(14-7-8-14)20(13-28-33)23(35)29-17-5-1-3-15(11-17)22-30-31-32-34(22)18-9-10-18/h1-6,11-14,18H,7-10H2,(H,29,35). The molecule has 0 atom stereocenters. The molecule has 0 spiro atoms. The number of halogens is 3. The fourth-order valence-electron chi connectivity index (χ4n) is 4.19. The van der Waals surface area contributed by atoms with E-state index in [0.29, 0.717) is 28.8 Å². The molecule has 2 aromatic heterocycles. The summed E-state index contributed by atoms with van der Waals surface area (Å²) in [5.41, 5.74) is 1.82. The van der Waals surface area contributed by atoms with Gasteiger partial charge in [-0.2, -0.15) is 18.3 Å². The number of carbonyl (C=O) groups is 1. The molecule has 2 aliphatic carbocycles. The number of nitrogens with zero attached hydrogens (tertiary/aromatic N) is 6. The topological polar surface area (TPSA) is 90.5 Å². The van der Waals surface area contributed by atoms with Crippen LogP contribution in [0.2, 0.25) is 0 Å². The number of amides is 1. The largest absolute Gasteiger partial charge is 0.416 e. The number of tetrazole rings is 1. The highest BCUT2D eigenvalue weighted by atomic mass is 19.4. The van der Waals surface area contributed by atoms with Gasteiger partial charge in [-0.3, -0.25) is 4.79 Å². The molecule has 11 heteroatoms. The van der Waals surface area contributed by atoms with Gasteiger partial charge in [0.2, 0.25) is 0 Å². The smallest absolute Gasteiger partial charge is 0.322 e. The summed E-state index contributed by atoms with van der Waals surface area (Å²) in [5, 5.41) is 19.2. The van der Waals surface area contributed by atoms with Crippen molar-refractivity contribution in [3.05, 3.63) is 71.5 Å². The minimum atomic E-state index is -4.46. The van der Waals surface area contributed by atoms with Gasteiger partial charge in [-0.05, 0) is 66.4 Å². The van der Waals surface area contributed by atoms with Gasteiger partial charge in [0.15, 0.2) is 5.82 Å². The molecule has 2 saturated carbocycles. The third-order valence-electron chi connectivity index (χ3n) is 6.20. The van der Waals surface area contributed by atoms with Crippen molar-refractivity contribution in [2.75, 3.05) is 5.32 Å². The molecule has 2 aromatic carbocycles. The molecule has 6 rings (SSSR count). The van der Waals surface area contributed by atoms with E-state index in [0.717, 1.165) is 43.4 Å². The fraction of sp³-hybridized carbons (Fsp3) is 0.292. The average molecular weight is 479 g/mol. The summed E-state index contributed by atoms with van der Waals surface area (Å²) in [6.45, 7) is 0. The Kier molecular flexibility index (Phi) is 4.94. The molecule has 0 radical (unpaired) electrons. The van der Waals surface area contributed by atoms with Gasteiger partial charge in [-0.1, -0.05) is 18.2 Å². The summed E-state index contributed by atoms with van der Waals surface area (Å²) in [6, 6.07) is 12.5. The highest BCUT2D eigenvalue weighted by molar-refractivity contribution is 6.05.